The van der Waals surface area contributed by atoms with Crippen molar-refractivity contribution in [1.29, 1.82) is 0 Å². The SMILES string of the molecule is Cc1ccccc1-c1cc2c3c(c1)N(c1ccc(C(C)(C)C)cc1-c1ccccc1)c1ccc(N(c4ccc(C(C)(C)C)cc4)C4C=CC(C(C)(C)C)=CC4)cc1B3n1c3ccc(C45CCCC(CCC4)C5)cc3c3cc(C45CCCC(CCC4)C5)cc-2c31. The molecule has 0 N–H and O–H groups in total. The van der Waals surface area contributed by atoms with Gasteiger partial charge >= 0.3 is 6.85 Å². The van der Waals surface area contributed by atoms with Gasteiger partial charge in [0.15, 0.2) is 0 Å². The third-order valence-corrected chi connectivity index (χ3v) is 23.5. The van der Waals surface area contributed by atoms with Crippen LogP contribution in [0.1, 0.15) is 186 Å². The molecule has 8 aromatic carbocycles. The van der Waals surface area contributed by atoms with Gasteiger partial charge in [-0.15, -0.1) is 0 Å². The van der Waals surface area contributed by atoms with Crippen molar-refractivity contribution < 1.29 is 0 Å². The Morgan fingerprint density at radius 1 is 0.494 bits per heavy atom. The van der Waals surface area contributed by atoms with Crippen LogP contribution in [-0.2, 0) is 21.7 Å². The van der Waals surface area contributed by atoms with E-state index in [1.54, 1.807) is 11.1 Å². The van der Waals surface area contributed by atoms with E-state index in [9.17, 15) is 0 Å². The minimum Gasteiger partial charge on any atom is -0.375 e. The lowest BCUT2D eigenvalue weighted by Gasteiger charge is -2.46. The van der Waals surface area contributed by atoms with E-state index in [2.05, 4.69) is 259 Å². The topological polar surface area (TPSA) is 11.4 Å². The molecule has 3 heterocycles. The molecule has 0 radical (unpaired) electrons. The number of anilines is 5. The first-order chi connectivity index (χ1) is 42.8. The third-order valence-electron chi connectivity index (χ3n) is 23.5. The summed E-state index contributed by atoms with van der Waals surface area (Å²) in [4.78, 5) is 5.41. The maximum Gasteiger partial charge on any atom is 0.333 e. The van der Waals surface area contributed by atoms with E-state index >= 15 is 0 Å². The molecule has 1 aromatic heterocycles. The second-order valence-corrected chi connectivity index (χ2v) is 32.1. The van der Waals surface area contributed by atoms with Crippen LogP contribution in [0, 0.1) is 24.2 Å². The molecule has 89 heavy (non-hydrogen) atoms. The summed E-state index contributed by atoms with van der Waals surface area (Å²) in [6.07, 6.45) is 27.3. The summed E-state index contributed by atoms with van der Waals surface area (Å²) in [5.74, 6) is 1.68. The molecule has 0 amide bonds. The van der Waals surface area contributed by atoms with Crippen molar-refractivity contribution >= 4 is 68.0 Å². The highest BCUT2D eigenvalue weighted by molar-refractivity contribution is 6.90. The molecule has 16 rings (SSSR count). The Morgan fingerprint density at radius 3 is 1.78 bits per heavy atom. The number of hydrogen-bond acceptors (Lipinski definition) is 2. The fraction of sp³-hybridized carbons (Fsp3) is 0.388. The largest absolute Gasteiger partial charge is 0.375 e. The van der Waals surface area contributed by atoms with Gasteiger partial charge in [0, 0.05) is 55.7 Å². The van der Waals surface area contributed by atoms with Crippen molar-refractivity contribution in [2.75, 3.05) is 9.80 Å². The van der Waals surface area contributed by atoms with Gasteiger partial charge in [-0.05, 0) is 236 Å². The Kier molecular flexibility index (Phi) is 13.3. The first-order valence-corrected chi connectivity index (χ1v) is 34.6. The number of rotatable bonds is 8. The van der Waals surface area contributed by atoms with E-state index in [1.165, 1.54) is 207 Å². The van der Waals surface area contributed by atoms with E-state index in [0.717, 1.165) is 18.3 Å². The zero-order chi connectivity index (χ0) is 60.9. The molecule has 1 atom stereocenters. The minimum atomic E-state index is -0.117. The summed E-state index contributed by atoms with van der Waals surface area (Å²) in [6.45, 7) is 23.4. The summed E-state index contributed by atoms with van der Waals surface area (Å²) in [5.41, 5.74) is 28.8. The highest BCUT2D eigenvalue weighted by atomic mass is 15.2. The molecule has 0 spiro atoms. The summed E-state index contributed by atoms with van der Waals surface area (Å²) in [7, 11) is 0. The average molecular weight is 1170 g/mol. The number of fused-ring (bicyclic) bond motifs is 11. The Morgan fingerprint density at radius 2 is 1.12 bits per heavy atom. The van der Waals surface area contributed by atoms with E-state index < -0.39 is 0 Å². The normalized spacial score (nSPS) is 22.9. The molecule has 4 bridgehead atoms. The zero-order valence-corrected chi connectivity index (χ0v) is 55.0. The Labute approximate surface area is 532 Å². The predicted octanol–water partition coefficient (Wildman–Crippen LogP) is 22.1. The molecule has 450 valence electrons. The molecule has 4 heteroatoms. The molecule has 5 aliphatic carbocycles. The molecule has 2 aliphatic heterocycles. The number of benzene rings is 8. The van der Waals surface area contributed by atoms with Gasteiger partial charge in [-0.25, -0.2) is 0 Å². The van der Waals surface area contributed by atoms with Crippen LogP contribution in [0.25, 0.3) is 55.2 Å². The lowest BCUT2D eigenvalue weighted by atomic mass is 9.44. The maximum absolute atomic E-state index is 2.90. The van der Waals surface area contributed by atoms with Crippen molar-refractivity contribution in [3.05, 3.63) is 209 Å². The van der Waals surface area contributed by atoms with Crippen LogP contribution in [0.5, 0.6) is 0 Å². The fourth-order valence-corrected chi connectivity index (χ4v) is 18.9. The molecule has 4 saturated carbocycles. The Hall–Kier alpha value is -7.30. The number of allylic oxidation sites excluding steroid dienone is 2. The van der Waals surface area contributed by atoms with Crippen molar-refractivity contribution in [1.82, 2.24) is 4.48 Å². The van der Waals surface area contributed by atoms with Gasteiger partial charge < -0.3 is 14.3 Å². The van der Waals surface area contributed by atoms with Gasteiger partial charge in [0.1, 0.15) is 0 Å². The zero-order valence-electron chi connectivity index (χ0n) is 55.0. The standard InChI is InChI=1S/C85H92BN3/c1-55-20-14-15-27-68(55)59-46-71-73-51-64(85-44-18-23-57(54-85)24-19-45-85)50-72-70-49-63(84-42-16-21-56(53-84)22-17-43-84)33-40-76(70)89(80(72)73)86-74-52-67(87(65-34-28-60(29-35-65)81(2,3)4)66-36-30-61(31-37-66)82(5,6)7)38-41-77(74)88(78(47-59)79(71)86)75-39-32-62(83(8,9)10)48-69(75)58-25-12-11-13-26-58/h11-15,20,25-36,38-41,46-52,56-57,66H,16-19,21-24,37,42-45,53-54H2,1-10H3. The lowest BCUT2D eigenvalue weighted by molar-refractivity contribution is 0.149. The summed E-state index contributed by atoms with van der Waals surface area (Å²) < 4.78 is 2.90. The van der Waals surface area contributed by atoms with Crippen LogP contribution in [0.4, 0.5) is 28.4 Å². The van der Waals surface area contributed by atoms with Crippen LogP contribution in [0.2, 0.25) is 0 Å². The van der Waals surface area contributed by atoms with Crippen molar-refractivity contribution in [3.63, 3.8) is 0 Å². The van der Waals surface area contributed by atoms with E-state index in [1.807, 2.05) is 0 Å². The highest BCUT2D eigenvalue weighted by Crippen LogP contribution is 2.57. The number of hydrogen-bond donors (Lipinski definition) is 0. The van der Waals surface area contributed by atoms with E-state index in [4.69, 9.17) is 0 Å². The van der Waals surface area contributed by atoms with Gasteiger partial charge in [-0.3, -0.25) is 0 Å². The Balaban J connectivity index is 1.02. The van der Waals surface area contributed by atoms with Crippen LogP contribution in [-0.4, -0.2) is 17.4 Å². The first-order valence-electron chi connectivity index (χ1n) is 34.6. The maximum atomic E-state index is 2.90. The second-order valence-electron chi connectivity index (χ2n) is 32.1. The molecule has 4 fully saturated rings. The summed E-state index contributed by atoms with van der Waals surface area (Å²) >= 11 is 0. The number of nitrogens with zero attached hydrogens (tertiary/aromatic N) is 3. The van der Waals surface area contributed by atoms with Crippen LogP contribution >= 0.6 is 0 Å². The van der Waals surface area contributed by atoms with Gasteiger partial charge in [0.2, 0.25) is 0 Å². The van der Waals surface area contributed by atoms with Gasteiger partial charge in [-0.2, -0.15) is 0 Å². The average Bonchev–Trinajstić information content (AvgIpc) is 1.65. The molecule has 7 aliphatic rings. The molecule has 3 nitrogen and oxygen atoms in total. The quantitative estimate of drug-likeness (QED) is 0.141. The van der Waals surface area contributed by atoms with Crippen LogP contribution in [0.3, 0.4) is 0 Å². The predicted molar refractivity (Wildman–Crippen MR) is 382 cm³/mol. The summed E-state index contributed by atoms with van der Waals surface area (Å²) in [6, 6.07) is 64.1. The van der Waals surface area contributed by atoms with Crippen LogP contribution < -0.4 is 20.7 Å². The van der Waals surface area contributed by atoms with E-state index in [0.29, 0.717) is 0 Å². The monoisotopic (exact) mass is 1170 g/mol. The number of aryl methyl sites for hydroxylation is 1. The lowest BCUT2D eigenvalue weighted by Crippen LogP contribution is -2.57. The van der Waals surface area contributed by atoms with Crippen molar-refractivity contribution in [2.24, 2.45) is 17.3 Å². The van der Waals surface area contributed by atoms with Gasteiger partial charge in [0.25, 0.3) is 0 Å². The minimum absolute atomic E-state index is 0.0368. The molecule has 0 saturated heterocycles. The Bertz CT molecular complexity index is 4340. The van der Waals surface area contributed by atoms with Crippen LogP contribution in [0.15, 0.2) is 182 Å². The second kappa shape index (κ2) is 20.9. The first kappa shape index (κ1) is 56.9. The van der Waals surface area contributed by atoms with Crippen molar-refractivity contribution in [3.8, 4) is 33.4 Å². The molecular weight excluding hydrogens is 1070 g/mol. The third kappa shape index (κ3) is 9.39. The van der Waals surface area contributed by atoms with Gasteiger partial charge in [-0.1, -0.05) is 211 Å². The van der Waals surface area contributed by atoms with E-state index in [-0.39, 0.29) is 40.0 Å². The number of aromatic nitrogens is 1. The smallest absolute Gasteiger partial charge is 0.333 e. The molecule has 9 aromatic rings. The fourth-order valence-electron chi connectivity index (χ4n) is 18.9. The highest BCUT2D eigenvalue weighted by Gasteiger charge is 2.48. The summed E-state index contributed by atoms with van der Waals surface area (Å²) in [5, 5.41) is 2.94. The molecular formula is C85H92BN3. The van der Waals surface area contributed by atoms with Gasteiger partial charge in [0.05, 0.1) is 11.7 Å². The van der Waals surface area contributed by atoms with Crippen molar-refractivity contribution in [2.45, 2.75) is 193 Å². The molecule has 1 unspecified atom stereocenters.